The van der Waals surface area contributed by atoms with Crippen LogP contribution in [-0.2, 0) is 17.1 Å². The average molecular weight is 574 g/mol. The van der Waals surface area contributed by atoms with E-state index in [1.165, 1.54) is 28.5 Å². The zero-order chi connectivity index (χ0) is 28.3. The largest absolute Gasteiger partial charge is 0.454 e. The van der Waals surface area contributed by atoms with Gasteiger partial charge in [-0.2, -0.15) is 0 Å². The van der Waals surface area contributed by atoms with Gasteiger partial charge in [0.05, 0.1) is 15.8 Å². The number of nitrogens with zero attached hydrogens (tertiary/aromatic N) is 5. The molecule has 1 amide bonds. The summed E-state index contributed by atoms with van der Waals surface area (Å²) >= 11 is 1.29. The van der Waals surface area contributed by atoms with Crippen molar-refractivity contribution in [1.29, 1.82) is 0 Å². The molecule has 2 aliphatic heterocycles. The summed E-state index contributed by atoms with van der Waals surface area (Å²) in [5.74, 6) is 1.33. The molecule has 1 fully saturated rings. The van der Waals surface area contributed by atoms with Gasteiger partial charge in [-0.15, -0.1) is 0 Å². The predicted octanol–water partition coefficient (Wildman–Crippen LogP) is 4.06. The first-order valence-corrected chi connectivity index (χ1v) is 14.2. The summed E-state index contributed by atoms with van der Waals surface area (Å²) in [6, 6.07) is 19.8. The number of piperazine rings is 1. The zero-order valence-corrected chi connectivity index (χ0v) is 22.9. The lowest BCUT2D eigenvalue weighted by atomic mass is 10.2. The summed E-state index contributed by atoms with van der Waals surface area (Å²) in [6.45, 7) is 2.92. The van der Waals surface area contributed by atoms with Crippen molar-refractivity contribution in [1.82, 2.24) is 14.5 Å². The highest BCUT2D eigenvalue weighted by Crippen LogP contribution is 2.35. The first kappa shape index (κ1) is 26.6. The number of carbonyl (C=O) groups excluding carboxylic acids is 1. The first-order valence-electron chi connectivity index (χ1n) is 13.2. The second kappa shape index (κ2) is 11.5. The SMILES string of the molecule is O=C(CCn1c(SCc2cccc([N+](=O)[O-])c2)nc2cc3c(cc2c1=O)OCO3)N1CCN(c2ccccc2)CC1. The Morgan fingerprint density at radius 3 is 2.49 bits per heavy atom. The van der Waals surface area contributed by atoms with Gasteiger partial charge in [-0.05, 0) is 23.8 Å². The van der Waals surface area contributed by atoms with Crippen LogP contribution in [0.4, 0.5) is 11.4 Å². The molecule has 1 saturated heterocycles. The van der Waals surface area contributed by atoms with Crippen molar-refractivity contribution < 1.29 is 19.2 Å². The summed E-state index contributed by atoms with van der Waals surface area (Å²) in [7, 11) is 0. The number of nitro benzene ring substituents is 1. The molecule has 12 heteroatoms. The summed E-state index contributed by atoms with van der Waals surface area (Å²) < 4.78 is 12.4. The maximum atomic E-state index is 13.7. The van der Waals surface area contributed by atoms with Crippen LogP contribution in [0.5, 0.6) is 11.5 Å². The van der Waals surface area contributed by atoms with Gasteiger partial charge in [0.1, 0.15) is 0 Å². The van der Waals surface area contributed by atoms with Crippen molar-refractivity contribution in [3.8, 4) is 11.5 Å². The van der Waals surface area contributed by atoms with Gasteiger partial charge in [0.25, 0.3) is 11.2 Å². The van der Waals surface area contributed by atoms with Gasteiger partial charge >= 0.3 is 0 Å². The first-order chi connectivity index (χ1) is 20.0. The number of hydrogen-bond donors (Lipinski definition) is 0. The molecule has 2 aliphatic rings. The molecule has 0 spiro atoms. The standard InChI is InChI=1S/C29H27N5O6S/c35-27(32-13-11-31(12-14-32)21-6-2-1-3-7-21)9-10-33-28(36)23-16-25-26(40-19-39-25)17-24(23)30-29(33)41-18-20-5-4-8-22(15-20)34(37)38/h1-8,15-17H,9-14,18-19H2. The molecule has 0 saturated carbocycles. The molecule has 0 aliphatic carbocycles. The molecule has 4 aromatic rings. The van der Waals surface area contributed by atoms with Crippen LogP contribution in [0.2, 0.25) is 0 Å². The number of para-hydroxylation sites is 1. The predicted molar refractivity (Wildman–Crippen MR) is 155 cm³/mol. The molecule has 0 radical (unpaired) electrons. The number of hydrogen-bond acceptors (Lipinski definition) is 9. The minimum atomic E-state index is -0.438. The Kier molecular flexibility index (Phi) is 7.47. The number of carbonyl (C=O) groups is 1. The number of thioether (sulfide) groups is 1. The van der Waals surface area contributed by atoms with E-state index in [1.807, 2.05) is 23.1 Å². The maximum absolute atomic E-state index is 13.7. The summed E-state index contributed by atoms with van der Waals surface area (Å²) in [5, 5.41) is 12.0. The molecule has 210 valence electrons. The number of non-ortho nitro benzene ring substituents is 1. The Morgan fingerprint density at radius 1 is 0.976 bits per heavy atom. The number of aromatic nitrogens is 2. The van der Waals surface area contributed by atoms with E-state index in [2.05, 4.69) is 17.0 Å². The van der Waals surface area contributed by atoms with Gasteiger partial charge in [-0.1, -0.05) is 42.1 Å². The minimum absolute atomic E-state index is 0.00219. The highest BCUT2D eigenvalue weighted by molar-refractivity contribution is 7.98. The number of benzene rings is 3. The lowest BCUT2D eigenvalue weighted by Crippen LogP contribution is -2.49. The molecular weight excluding hydrogens is 546 g/mol. The fraction of sp³-hybridized carbons (Fsp3) is 0.276. The third-order valence-electron chi connectivity index (χ3n) is 7.21. The number of rotatable bonds is 8. The molecule has 3 heterocycles. The molecule has 0 bridgehead atoms. The summed E-state index contributed by atoms with van der Waals surface area (Å²) in [5.41, 5.74) is 2.04. The fourth-order valence-corrected chi connectivity index (χ4v) is 5.99. The van der Waals surface area contributed by atoms with E-state index >= 15 is 0 Å². The van der Waals surface area contributed by atoms with Crippen LogP contribution in [0.3, 0.4) is 0 Å². The number of amides is 1. The van der Waals surface area contributed by atoms with Crippen molar-refractivity contribution in [2.75, 3.05) is 37.9 Å². The Balaban J connectivity index is 1.21. The van der Waals surface area contributed by atoms with Gasteiger partial charge in [-0.25, -0.2) is 4.98 Å². The Morgan fingerprint density at radius 2 is 1.73 bits per heavy atom. The second-order valence-electron chi connectivity index (χ2n) is 9.74. The van der Waals surface area contributed by atoms with Crippen molar-refractivity contribution in [3.63, 3.8) is 0 Å². The van der Waals surface area contributed by atoms with Gasteiger partial charge in [0, 0.05) is 68.8 Å². The molecule has 0 unspecified atom stereocenters. The molecule has 0 atom stereocenters. The van der Waals surface area contributed by atoms with Crippen LogP contribution in [0.1, 0.15) is 12.0 Å². The summed E-state index contributed by atoms with van der Waals surface area (Å²) in [4.78, 5) is 46.5. The van der Waals surface area contributed by atoms with Crippen molar-refractivity contribution in [2.24, 2.45) is 0 Å². The molecule has 0 N–H and O–H groups in total. The maximum Gasteiger partial charge on any atom is 0.269 e. The van der Waals surface area contributed by atoms with Crippen molar-refractivity contribution in [2.45, 2.75) is 23.9 Å². The van der Waals surface area contributed by atoms with Gasteiger partial charge in [0.2, 0.25) is 12.7 Å². The number of nitro groups is 1. The molecule has 41 heavy (non-hydrogen) atoms. The number of ether oxygens (including phenoxy) is 2. The monoisotopic (exact) mass is 573 g/mol. The topological polar surface area (TPSA) is 120 Å². The Bertz CT molecular complexity index is 1670. The van der Waals surface area contributed by atoms with Crippen LogP contribution < -0.4 is 19.9 Å². The van der Waals surface area contributed by atoms with E-state index in [4.69, 9.17) is 14.5 Å². The van der Waals surface area contributed by atoms with Crippen LogP contribution >= 0.6 is 11.8 Å². The van der Waals surface area contributed by atoms with Gasteiger partial charge in [0.15, 0.2) is 16.7 Å². The zero-order valence-electron chi connectivity index (χ0n) is 22.1. The van der Waals surface area contributed by atoms with E-state index in [-0.39, 0.29) is 36.9 Å². The lowest BCUT2D eigenvalue weighted by molar-refractivity contribution is -0.384. The molecule has 6 rings (SSSR count). The Labute approximate surface area is 239 Å². The molecule has 1 aromatic heterocycles. The van der Waals surface area contributed by atoms with E-state index in [1.54, 1.807) is 24.3 Å². The quantitative estimate of drug-likeness (QED) is 0.133. The average Bonchev–Trinajstić information content (AvgIpc) is 3.47. The fourth-order valence-electron chi connectivity index (χ4n) is 5.02. The minimum Gasteiger partial charge on any atom is -0.454 e. The van der Waals surface area contributed by atoms with Crippen LogP contribution in [0.15, 0.2) is 76.7 Å². The number of fused-ring (bicyclic) bond motifs is 2. The van der Waals surface area contributed by atoms with Crippen LogP contribution in [0, 0.1) is 10.1 Å². The van der Waals surface area contributed by atoms with Crippen molar-refractivity contribution in [3.05, 3.63) is 92.8 Å². The van der Waals surface area contributed by atoms with Crippen molar-refractivity contribution >= 4 is 39.9 Å². The third kappa shape index (κ3) is 5.68. The van der Waals surface area contributed by atoms with E-state index in [0.29, 0.717) is 46.4 Å². The molecular formula is C29H27N5O6S. The van der Waals surface area contributed by atoms with Gasteiger partial charge in [-0.3, -0.25) is 24.3 Å². The van der Waals surface area contributed by atoms with Gasteiger partial charge < -0.3 is 19.3 Å². The van der Waals surface area contributed by atoms with E-state index in [0.717, 1.165) is 24.3 Å². The lowest BCUT2D eigenvalue weighted by Gasteiger charge is -2.36. The van der Waals surface area contributed by atoms with Crippen LogP contribution in [-0.4, -0.2) is 58.3 Å². The summed E-state index contributed by atoms with van der Waals surface area (Å²) in [6.07, 6.45) is 0.146. The number of anilines is 1. The Hall–Kier alpha value is -4.58. The highest BCUT2D eigenvalue weighted by Gasteiger charge is 2.23. The molecule has 11 nitrogen and oxygen atoms in total. The van der Waals surface area contributed by atoms with E-state index in [9.17, 15) is 19.7 Å². The highest BCUT2D eigenvalue weighted by atomic mass is 32.2. The molecule has 3 aromatic carbocycles. The smallest absolute Gasteiger partial charge is 0.269 e. The third-order valence-corrected chi connectivity index (χ3v) is 8.25. The van der Waals surface area contributed by atoms with E-state index < -0.39 is 4.92 Å². The van der Waals surface area contributed by atoms with Crippen LogP contribution in [0.25, 0.3) is 10.9 Å². The normalized spacial score (nSPS) is 14.4. The second-order valence-corrected chi connectivity index (χ2v) is 10.7.